The topological polar surface area (TPSA) is 104 Å². The molecule has 8 nitrogen and oxygen atoms in total. The predicted molar refractivity (Wildman–Crippen MR) is 142 cm³/mol. The molecule has 0 bridgehead atoms. The van der Waals surface area contributed by atoms with Gasteiger partial charge >= 0.3 is 0 Å². The van der Waals surface area contributed by atoms with E-state index < -0.39 is 6.02 Å². The molecule has 3 aromatic heterocycles. The Labute approximate surface area is 217 Å². The molecule has 0 aliphatic heterocycles. The third-order valence-electron chi connectivity index (χ3n) is 6.07. The fourth-order valence-electron chi connectivity index (χ4n) is 4.03. The Morgan fingerprint density at radius 3 is 2.81 bits per heavy atom. The monoisotopic (exact) mass is 501 g/mol. The van der Waals surface area contributed by atoms with Gasteiger partial charge in [0.2, 0.25) is 0 Å². The van der Waals surface area contributed by atoms with Crippen LogP contribution in [-0.4, -0.2) is 31.5 Å². The molecule has 1 aromatic carbocycles. The highest BCUT2D eigenvalue weighted by Gasteiger charge is 2.28. The first-order chi connectivity index (χ1) is 17.6. The van der Waals surface area contributed by atoms with Crippen LogP contribution in [0.4, 0.5) is 11.4 Å². The molecule has 0 amide bonds. The Hall–Kier alpha value is -3.70. The summed E-state index contributed by atoms with van der Waals surface area (Å²) in [5, 5.41) is 26.4. The normalized spacial score (nSPS) is 15.7. The van der Waals surface area contributed by atoms with Gasteiger partial charge in [-0.3, -0.25) is 9.97 Å². The zero-order valence-electron chi connectivity index (χ0n) is 21.8. The summed E-state index contributed by atoms with van der Waals surface area (Å²) in [6, 6.07) is 8.39. The maximum Gasteiger partial charge on any atom is 0.110 e. The SMILES string of the molecule is [2H][C@](Nc1cc(Cl)c2ncc(C#N)c(NCC(C)(C)C)c2c1)(c1cn(C2CC2)nn1)c1cccnc1C. The number of aromatic nitrogens is 5. The molecule has 4 aromatic rings. The van der Waals surface area contributed by atoms with Gasteiger partial charge < -0.3 is 10.6 Å². The van der Waals surface area contributed by atoms with Crippen molar-refractivity contribution < 1.29 is 1.37 Å². The van der Waals surface area contributed by atoms with Crippen molar-refractivity contribution in [2.24, 2.45) is 5.41 Å². The van der Waals surface area contributed by atoms with Gasteiger partial charge in [0.1, 0.15) is 11.8 Å². The Balaban J connectivity index is 1.64. The number of halogens is 1. The second-order valence-corrected chi connectivity index (χ2v) is 10.8. The summed E-state index contributed by atoms with van der Waals surface area (Å²) in [6.45, 7) is 8.88. The molecule has 2 N–H and O–H groups in total. The average molecular weight is 502 g/mol. The number of benzene rings is 1. The average Bonchev–Trinajstić information content (AvgIpc) is 3.57. The lowest BCUT2D eigenvalue weighted by Crippen LogP contribution is -2.20. The van der Waals surface area contributed by atoms with Crippen molar-refractivity contribution in [2.75, 3.05) is 17.2 Å². The third-order valence-corrected chi connectivity index (χ3v) is 6.36. The number of hydrogen-bond donors (Lipinski definition) is 2. The highest BCUT2D eigenvalue weighted by Crippen LogP contribution is 2.37. The van der Waals surface area contributed by atoms with Crippen LogP contribution in [0.15, 0.2) is 42.9 Å². The van der Waals surface area contributed by atoms with Crippen LogP contribution < -0.4 is 10.6 Å². The van der Waals surface area contributed by atoms with Crippen molar-refractivity contribution in [1.29, 1.82) is 5.26 Å². The van der Waals surface area contributed by atoms with E-state index in [0.29, 0.717) is 62.4 Å². The number of pyridine rings is 2. The van der Waals surface area contributed by atoms with Crippen molar-refractivity contribution in [3.8, 4) is 6.07 Å². The van der Waals surface area contributed by atoms with E-state index in [1.54, 1.807) is 12.3 Å². The van der Waals surface area contributed by atoms with E-state index in [2.05, 4.69) is 57.8 Å². The highest BCUT2D eigenvalue weighted by molar-refractivity contribution is 6.35. The first kappa shape index (κ1) is 22.7. The van der Waals surface area contributed by atoms with E-state index in [1.165, 1.54) is 6.20 Å². The molecule has 3 heterocycles. The summed E-state index contributed by atoms with van der Waals surface area (Å²) in [7, 11) is 0. The second kappa shape index (κ2) is 9.40. The zero-order valence-corrected chi connectivity index (χ0v) is 21.6. The van der Waals surface area contributed by atoms with Gasteiger partial charge in [-0.15, -0.1) is 5.10 Å². The molecule has 0 unspecified atom stereocenters. The Morgan fingerprint density at radius 2 is 2.11 bits per heavy atom. The van der Waals surface area contributed by atoms with Crippen LogP contribution in [0.3, 0.4) is 0 Å². The van der Waals surface area contributed by atoms with Gasteiger partial charge in [-0.1, -0.05) is 43.7 Å². The van der Waals surface area contributed by atoms with Gasteiger partial charge in [0.15, 0.2) is 0 Å². The number of nitrogens with zero attached hydrogens (tertiary/aromatic N) is 6. The molecule has 1 aliphatic carbocycles. The second-order valence-electron chi connectivity index (χ2n) is 10.4. The first-order valence-corrected chi connectivity index (χ1v) is 12.4. The van der Waals surface area contributed by atoms with Crippen LogP contribution >= 0.6 is 11.6 Å². The molecular formula is C27H29ClN8. The lowest BCUT2D eigenvalue weighted by Gasteiger charge is -2.22. The molecule has 184 valence electrons. The van der Waals surface area contributed by atoms with Crippen molar-refractivity contribution in [3.63, 3.8) is 0 Å². The summed E-state index contributed by atoms with van der Waals surface area (Å²) in [6.07, 6.45) is 7.20. The van der Waals surface area contributed by atoms with E-state index >= 15 is 0 Å². The van der Waals surface area contributed by atoms with Crippen LogP contribution in [0.5, 0.6) is 0 Å². The molecule has 9 heteroatoms. The fourth-order valence-corrected chi connectivity index (χ4v) is 4.30. The Kier molecular flexibility index (Phi) is 5.94. The van der Waals surface area contributed by atoms with Gasteiger partial charge in [-0.25, -0.2) is 4.68 Å². The summed E-state index contributed by atoms with van der Waals surface area (Å²) < 4.78 is 11.5. The van der Waals surface area contributed by atoms with Gasteiger partial charge in [0.25, 0.3) is 0 Å². The quantitative estimate of drug-likeness (QED) is 0.317. The minimum atomic E-state index is -1.48. The summed E-state index contributed by atoms with van der Waals surface area (Å²) >= 11 is 6.71. The molecule has 0 saturated heterocycles. The number of nitriles is 1. The maximum atomic E-state index is 9.78. The maximum absolute atomic E-state index is 9.78. The third kappa shape index (κ3) is 4.98. The predicted octanol–water partition coefficient (Wildman–Crippen LogP) is 6.05. The van der Waals surface area contributed by atoms with E-state index in [9.17, 15) is 6.63 Å². The molecule has 1 saturated carbocycles. The Morgan fingerprint density at radius 1 is 1.31 bits per heavy atom. The number of hydrogen-bond acceptors (Lipinski definition) is 7. The molecule has 1 fully saturated rings. The van der Waals surface area contributed by atoms with Gasteiger partial charge in [0.05, 0.1) is 41.4 Å². The van der Waals surface area contributed by atoms with E-state index in [1.807, 2.05) is 36.0 Å². The van der Waals surface area contributed by atoms with Crippen molar-refractivity contribution in [2.45, 2.75) is 52.6 Å². The van der Waals surface area contributed by atoms with E-state index in [0.717, 1.165) is 12.8 Å². The van der Waals surface area contributed by atoms with E-state index in [-0.39, 0.29) is 5.41 Å². The lowest BCUT2D eigenvalue weighted by molar-refractivity contribution is 0.443. The van der Waals surface area contributed by atoms with Gasteiger partial charge in [-0.05, 0) is 43.4 Å². The van der Waals surface area contributed by atoms with E-state index in [4.69, 9.17) is 11.6 Å². The smallest absolute Gasteiger partial charge is 0.110 e. The largest absolute Gasteiger partial charge is 0.383 e. The van der Waals surface area contributed by atoms with Crippen molar-refractivity contribution in [1.82, 2.24) is 25.0 Å². The Bertz CT molecular complexity index is 1520. The van der Waals surface area contributed by atoms with Gasteiger partial charge in [0, 0.05) is 41.3 Å². The van der Waals surface area contributed by atoms with Crippen LogP contribution in [0.1, 0.15) is 69.6 Å². The molecular weight excluding hydrogens is 472 g/mol. The fraction of sp³-hybridized carbons (Fsp3) is 0.370. The lowest BCUT2D eigenvalue weighted by atomic mass is 9.96. The molecule has 36 heavy (non-hydrogen) atoms. The molecule has 5 rings (SSSR count). The summed E-state index contributed by atoms with van der Waals surface area (Å²) in [5.41, 5.74) is 4.08. The molecule has 1 aliphatic rings. The summed E-state index contributed by atoms with van der Waals surface area (Å²) in [5.74, 6) is 0. The van der Waals surface area contributed by atoms with Crippen LogP contribution in [0, 0.1) is 23.7 Å². The minimum Gasteiger partial charge on any atom is -0.383 e. The first-order valence-electron chi connectivity index (χ1n) is 12.5. The van der Waals surface area contributed by atoms with Crippen LogP contribution in [0.2, 0.25) is 5.02 Å². The minimum absolute atomic E-state index is 0.0104. The number of fused-ring (bicyclic) bond motifs is 1. The van der Waals surface area contributed by atoms with Crippen molar-refractivity contribution in [3.05, 3.63) is 70.4 Å². The van der Waals surface area contributed by atoms with Crippen molar-refractivity contribution >= 4 is 33.9 Å². The standard InChI is InChI=1S/C27H29ClN8/c1-16-20(6-5-9-30-16)26(23-14-36(35-34-23)19-7-8-19)33-18-10-21-24(32-15-27(2,3)4)17(12-29)13-31-25(21)22(28)11-18/h5-6,9-11,13-14,19,26,33H,7-8,15H2,1-4H3,(H,31,32)/t26-/m1/s1/i26D. The number of aryl methyl sites for hydroxylation is 1. The number of nitrogens with one attached hydrogen (secondary N) is 2. The molecule has 1 atom stereocenters. The number of rotatable bonds is 7. The zero-order chi connectivity index (χ0) is 26.4. The van der Waals surface area contributed by atoms with Crippen LogP contribution in [-0.2, 0) is 0 Å². The van der Waals surface area contributed by atoms with Crippen LogP contribution in [0.25, 0.3) is 10.9 Å². The molecule has 0 radical (unpaired) electrons. The van der Waals surface area contributed by atoms with Gasteiger partial charge in [-0.2, -0.15) is 5.26 Å². The number of anilines is 2. The summed E-state index contributed by atoms with van der Waals surface area (Å²) in [4.78, 5) is 8.87. The highest BCUT2D eigenvalue weighted by atomic mass is 35.5. The molecule has 0 spiro atoms.